The summed E-state index contributed by atoms with van der Waals surface area (Å²) < 4.78 is 21.3. The van der Waals surface area contributed by atoms with Gasteiger partial charge < -0.3 is 29.3 Å². The zero-order chi connectivity index (χ0) is 20.6. The van der Waals surface area contributed by atoms with Crippen LogP contribution in [0.1, 0.15) is 11.8 Å². The molecule has 1 saturated heterocycles. The van der Waals surface area contributed by atoms with E-state index in [0.717, 1.165) is 5.76 Å². The van der Waals surface area contributed by atoms with Gasteiger partial charge in [0.25, 0.3) is 0 Å². The van der Waals surface area contributed by atoms with Crippen molar-refractivity contribution in [2.75, 3.05) is 52.4 Å². The largest absolute Gasteiger partial charge is 0.497 e. The summed E-state index contributed by atoms with van der Waals surface area (Å²) in [6, 6.07) is 8.41. The lowest BCUT2D eigenvalue weighted by molar-refractivity contribution is -0.136. The van der Waals surface area contributed by atoms with Crippen LogP contribution in [0, 0.1) is 0 Å². The van der Waals surface area contributed by atoms with E-state index in [1.54, 1.807) is 30.5 Å². The number of nitrogens with one attached hydrogen (secondary N) is 2. The van der Waals surface area contributed by atoms with Crippen molar-refractivity contribution in [2.45, 2.75) is 6.04 Å². The van der Waals surface area contributed by atoms with Crippen molar-refractivity contribution < 1.29 is 28.2 Å². The summed E-state index contributed by atoms with van der Waals surface area (Å²) in [5.74, 6) is 0.138. The van der Waals surface area contributed by atoms with E-state index in [-0.39, 0.29) is 12.6 Å². The summed E-state index contributed by atoms with van der Waals surface area (Å²) in [6.07, 6.45) is 1.59. The third-order valence-corrected chi connectivity index (χ3v) is 4.68. The molecule has 1 aromatic heterocycles. The number of benzene rings is 1. The maximum Gasteiger partial charge on any atom is 0.313 e. The smallest absolute Gasteiger partial charge is 0.313 e. The first kappa shape index (κ1) is 20.7. The summed E-state index contributed by atoms with van der Waals surface area (Å²) >= 11 is 0. The Morgan fingerprint density at radius 2 is 1.93 bits per heavy atom. The molecule has 1 aliphatic rings. The van der Waals surface area contributed by atoms with Crippen LogP contribution in [0.3, 0.4) is 0 Å². The maximum atomic E-state index is 12.4. The van der Waals surface area contributed by atoms with Crippen LogP contribution in [-0.4, -0.2) is 63.8 Å². The quantitative estimate of drug-likeness (QED) is 0.674. The van der Waals surface area contributed by atoms with E-state index in [9.17, 15) is 9.59 Å². The highest BCUT2D eigenvalue weighted by molar-refractivity contribution is 6.39. The van der Waals surface area contributed by atoms with Crippen LogP contribution in [-0.2, 0) is 14.3 Å². The predicted octanol–water partition coefficient (Wildman–Crippen LogP) is 1.42. The fraction of sp³-hybridized carbons (Fsp3) is 0.400. The monoisotopic (exact) mass is 403 g/mol. The number of methoxy groups -OCH3 is 2. The minimum Gasteiger partial charge on any atom is -0.497 e. The second-order valence-corrected chi connectivity index (χ2v) is 6.41. The fourth-order valence-corrected chi connectivity index (χ4v) is 3.14. The number of hydrogen-bond acceptors (Lipinski definition) is 7. The third kappa shape index (κ3) is 5.27. The molecule has 1 aliphatic heterocycles. The Balaban J connectivity index is 1.63. The van der Waals surface area contributed by atoms with Crippen molar-refractivity contribution in [3.8, 4) is 11.5 Å². The molecular formula is C20H25N3O6. The molecule has 0 bridgehead atoms. The minimum absolute atomic E-state index is 0.183. The Morgan fingerprint density at radius 3 is 2.59 bits per heavy atom. The van der Waals surface area contributed by atoms with E-state index in [1.165, 1.54) is 14.2 Å². The van der Waals surface area contributed by atoms with Crippen molar-refractivity contribution in [2.24, 2.45) is 0 Å². The Hall–Kier alpha value is -3.04. The van der Waals surface area contributed by atoms with Crippen LogP contribution in [0.25, 0.3) is 0 Å². The molecule has 0 saturated carbocycles. The molecule has 2 aromatic rings. The van der Waals surface area contributed by atoms with E-state index in [4.69, 9.17) is 18.6 Å². The molecule has 9 nitrogen and oxygen atoms in total. The van der Waals surface area contributed by atoms with E-state index in [1.807, 2.05) is 6.07 Å². The van der Waals surface area contributed by atoms with Gasteiger partial charge in [0, 0.05) is 25.7 Å². The van der Waals surface area contributed by atoms with Gasteiger partial charge in [-0.15, -0.1) is 0 Å². The maximum absolute atomic E-state index is 12.4. The Morgan fingerprint density at radius 1 is 1.14 bits per heavy atom. The Kier molecular flexibility index (Phi) is 7.09. The van der Waals surface area contributed by atoms with Gasteiger partial charge in [-0.25, -0.2) is 0 Å². The summed E-state index contributed by atoms with van der Waals surface area (Å²) in [5, 5.41) is 5.25. The minimum atomic E-state index is -0.795. The Bertz CT molecular complexity index is 818. The summed E-state index contributed by atoms with van der Waals surface area (Å²) in [5.41, 5.74) is 0.350. The fourth-order valence-electron chi connectivity index (χ4n) is 3.14. The number of carbonyl (C=O) groups is 2. The number of furan rings is 1. The van der Waals surface area contributed by atoms with Gasteiger partial charge in [0.2, 0.25) is 0 Å². The van der Waals surface area contributed by atoms with E-state index in [2.05, 4.69) is 15.5 Å². The molecule has 156 valence electrons. The molecule has 1 fully saturated rings. The molecule has 0 spiro atoms. The van der Waals surface area contributed by atoms with Crippen molar-refractivity contribution in [3.05, 3.63) is 42.4 Å². The molecule has 1 atom stereocenters. The number of anilines is 1. The lowest BCUT2D eigenvalue weighted by Crippen LogP contribution is -2.45. The van der Waals surface area contributed by atoms with Crippen LogP contribution in [0.15, 0.2) is 41.0 Å². The highest BCUT2D eigenvalue weighted by Gasteiger charge is 2.26. The highest BCUT2D eigenvalue weighted by atomic mass is 16.5. The molecule has 2 amide bonds. The van der Waals surface area contributed by atoms with Gasteiger partial charge in [0.1, 0.15) is 17.3 Å². The van der Waals surface area contributed by atoms with Crippen LogP contribution in [0.5, 0.6) is 11.5 Å². The molecule has 2 heterocycles. The molecule has 29 heavy (non-hydrogen) atoms. The number of morpholine rings is 1. The number of ether oxygens (including phenoxy) is 3. The first-order valence-corrected chi connectivity index (χ1v) is 9.28. The number of amides is 2. The van der Waals surface area contributed by atoms with Crippen LogP contribution in [0.2, 0.25) is 0 Å². The van der Waals surface area contributed by atoms with Crippen molar-refractivity contribution >= 4 is 17.5 Å². The zero-order valence-corrected chi connectivity index (χ0v) is 16.5. The molecule has 1 unspecified atom stereocenters. The van der Waals surface area contributed by atoms with Gasteiger partial charge >= 0.3 is 11.8 Å². The average molecular weight is 403 g/mol. The van der Waals surface area contributed by atoms with E-state index in [0.29, 0.717) is 43.5 Å². The van der Waals surface area contributed by atoms with E-state index >= 15 is 0 Å². The molecule has 9 heteroatoms. The second-order valence-electron chi connectivity index (χ2n) is 6.41. The number of carbonyl (C=O) groups excluding carboxylic acids is 2. The highest BCUT2D eigenvalue weighted by Crippen LogP contribution is 2.28. The molecular weight excluding hydrogens is 378 g/mol. The van der Waals surface area contributed by atoms with Gasteiger partial charge in [0.15, 0.2) is 0 Å². The number of nitrogens with zero attached hydrogens (tertiary/aromatic N) is 1. The van der Waals surface area contributed by atoms with Crippen LogP contribution in [0.4, 0.5) is 5.69 Å². The number of hydrogen-bond donors (Lipinski definition) is 2. The van der Waals surface area contributed by atoms with Crippen molar-refractivity contribution in [3.63, 3.8) is 0 Å². The van der Waals surface area contributed by atoms with Crippen LogP contribution < -0.4 is 20.1 Å². The molecule has 2 N–H and O–H groups in total. The topological polar surface area (TPSA) is 102 Å². The van der Waals surface area contributed by atoms with Crippen molar-refractivity contribution in [1.82, 2.24) is 10.2 Å². The first-order chi connectivity index (χ1) is 14.1. The summed E-state index contributed by atoms with van der Waals surface area (Å²) in [4.78, 5) is 26.9. The van der Waals surface area contributed by atoms with Gasteiger partial charge in [-0.3, -0.25) is 14.5 Å². The standard InChI is InChI=1S/C20H25N3O6/c1-26-14-5-6-17(27-2)15(12-14)22-20(25)19(24)21-13-16(18-4-3-9-29-18)23-7-10-28-11-8-23/h3-6,9,12,16H,7-8,10-11,13H2,1-2H3,(H,21,24)(H,22,25). The molecule has 3 rings (SSSR count). The first-order valence-electron chi connectivity index (χ1n) is 9.28. The van der Waals surface area contributed by atoms with Gasteiger partial charge in [-0.05, 0) is 24.3 Å². The predicted molar refractivity (Wildman–Crippen MR) is 105 cm³/mol. The van der Waals surface area contributed by atoms with Gasteiger partial charge in [-0.1, -0.05) is 0 Å². The van der Waals surface area contributed by atoms with E-state index < -0.39 is 11.8 Å². The average Bonchev–Trinajstić information content (AvgIpc) is 3.29. The Labute approximate surface area is 168 Å². The molecule has 0 aliphatic carbocycles. The lowest BCUT2D eigenvalue weighted by Gasteiger charge is -2.33. The molecule has 1 aromatic carbocycles. The second kappa shape index (κ2) is 9.94. The SMILES string of the molecule is COc1ccc(OC)c(NC(=O)C(=O)NCC(c2ccco2)N2CCOCC2)c1. The van der Waals surface area contributed by atoms with Gasteiger partial charge in [0.05, 0.1) is 45.4 Å². The summed E-state index contributed by atoms with van der Waals surface area (Å²) in [6.45, 7) is 2.89. The normalized spacial score (nSPS) is 15.4. The third-order valence-electron chi connectivity index (χ3n) is 4.68. The van der Waals surface area contributed by atoms with Crippen LogP contribution >= 0.6 is 0 Å². The van der Waals surface area contributed by atoms with Gasteiger partial charge in [-0.2, -0.15) is 0 Å². The summed E-state index contributed by atoms with van der Waals surface area (Å²) in [7, 11) is 2.99. The van der Waals surface area contributed by atoms with Crippen molar-refractivity contribution in [1.29, 1.82) is 0 Å². The zero-order valence-electron chi connectivity index (χ0n) is 16.5. The number of rotatable bonds is 7. The molecule has 0 radical (unpaired) electrons. The lowest BCUT2D eigenvalue weighted by atomic mass is 10.1.